The monoisotopic (exact) mass is 249 g/mol. The normalized spacial score (nSPS) is 17.1. The zero-order valence-electron chi connectivity index (χ0n) is 11.3. The molecule has 0 amide bonds. The van der Waals surface area contributed by atoms with Crippen LogP contribution in [0.25, 0.3) is 0 Å². The van der Waals surface area contributed by atoms with E-state index in [1.165, 1.54) is 11.1 Å². The average Bonchev–Trinajstić information content (AvgIpc) is 2.86. The van der Waals surface area contributed by atoms with Gasteiger partial charge in [0.2, 0.25) is 0 Å². The van der Waals surface area contributed by atoms with Crippen molar-refractivity contribution in [2.45, 2.75) is 38.6 Å². The maximum Gasteiger partial charge on any atom is 0.122 e. The van der Waals surface area contributed by atoms with Gasteiger partial charge in [0.25, 0.3) is 0 Å². The van der Waals surface area contributed by atoms with Crippen molar-refractivity contribution in [3.05, 3.63) is 29.3 Å². The number of aliphatic hydroxyl groups excluding tert-OH is 1. The zero-order valence-corrected chi connectivity index (χ0v) is 11.3. The minimum atomic E-state index is -0.153. The van der Waals surface area contributed by atoms with Crippen LogP contribution in [0.3, 0.4) is 0 Å². The van der Waals surface area contributed by atoms with E-state index < -0.39 is 0 Å². The fraction of sp³-hybridized carbons (Fsp3) is 0.600. The molecule has 1 atom stereocenters. The molecule has 0 aromatic heterocycles. The molecule has 0 fully saturated rings. The first kappa shape index (κ1) is 13.4. The van der Waals surface area contributed by atoms with Crippen LogP contribution >= 0.6 is 0 Å². The summed E-state index contributed by atoms with van der Waals surface area (Å²) in [6, 6.07) is 6.45. The number of ether oxygens (including phenoxy) is 1. The van der Waals surface area contributed by atoms with Gasteiger partial charge in [-0.15, -0.1) is 0 Å². The van der Waals surface area contributed by atoms with E-state index >= 15 is 0 Å². The van der Waals surface area contributed by atoms with Crippen molar-refractivity contribution in [3.63, 3.8) is 0 Å². The Kier molecular flexibility index (Phi) is 4.25. The molecule has 0 radical (unpaired) electrons. The lowest BCUT2D eigenvalue weighted by Gasteiger charge is -2.27. The first-order valence-electron chi connectivity index (χ1n) is 6.77. The van der Waals surface area contributed by atoms with Gasteiger partial charge in [-0.1, -0.05) is 19.1 Å². The Morgan fingerprint density at radius 1 is 1.44 bits per heavy atom. The van der Waals surface area contributed by atoms with Crippen molar-refractivity contribution in [2.75, 3.05) is 19.8 Å². The minimum Gasteiger partial charge on any atom is -0.493 e. The molecule has 0 saturated carbocycles. The third-order valence-corrected chi connectivity index (χ3v) is 3.85. The molecular formula is C15H23NO2. The Bertz CT molecular complexity index is 399. The van der Waals surface area contributed by atoms with E-state index in [-0.39, 0.29) is 12.1 Å². The summed E-state index contributed by atoms with van der Waals surface area (Å²) >= 11 is 0. The van der Waals surface area contributed by atoms with Crippen molar-refractivity contribution < 1.29 is 9.84 Å². The summed E-state index contributed by atoms with van der Waals surface area (Å²) in [5.74, 6) is 1.04. The molecule has 2 N–H and O–H groups in total. The molecule has 2 rings (SSSR count). The van der Waals surface area contributed by atoms with Crippen LogP contribution in [0.1, 0.15) is 31.4 Å². The lowest BCUT2D eigenvalue weighted by Crippen LogP contribution is -2.45. The quantitative estimate of drug-likeness (QED) is 0.809. The van der Waals surface area contributed by atoms with E-state index in [0.717, 1.165) is 38.2 Å². The van der Waals surface area contributed by atoms with Gasteiger partial charge in [0.05, 0.1) is 13.2 Å². The fourth-order valence-corrected chi connectivity index (χ4v) is 2.20. The van der Waals surface area contributed by atoms with Crippen LogP contribution in [0.2, 0.25) is 0 Å². The van der Waals surface area contributed by atoms with Crippen LogP contribution < -0.4 is 10.1 Å². The van der Waals surface area contributed by atoms with Gasteiger partial charge in [0, 0.05) is 12.0 Å². The van der Waals surface area contributed by atoms with Crippen LogP contribution in [-0.2, 0) is 12.8 Å². The Labute approximate surface area is 109 Å². The Morgan fingerprint density at radius 2 is 2.28 bits per heavy atom. The molecule has 1 aromatic rings. The van der Waals surface area contributed by atoms with Gasteiger partial charge >= 0.3 is 0 Å². The molecule has 100 valence electrons. The molecule has 3 heteroatoms. The molecule has 1 aliphatic rings. The van der Waals surface area contributed by atoms with Gasteiger partial charge in [-0.2, -0.15) is 0 Å². The largest absolute Gasteiger partial charge is 0.493 e. The lowest BCUT2D eigenvalue weighted by molar-refractivity contribution is 0.171. The Balaban J connectivity index is 1.87. The summed E-state index contributed by atoms with van der Waals surface area (Å²) in [5, 5.41) is 12.8. The summed E-state index contributed by atoms with van der Waals surface area (Å²) < 4.78 is 5.50. The fourth-order valence-electron chi connectivity index (χ4n) is 2.20. The molecule has 1 unspecified atom stereocenters. The van der Waals surface area contributed by atoms with Gasteiger partial charge in [0.15, 0.2) is 0 Å². The zero-order chi connectivity index (χ0) is 13.0. The summed E-state index contributed by atoms with van der Waals surface area (Å²) in [6.07, 6.45) is 2.95. The van der Waals surface area contributed by atoms with Gasteiger partial charge in [-0.05, 0) is 43.5 Å². The van der Waals surface area contributed by atoms with E-state index in [1.807, 2.05) is 0 Å². The molecule has 18 heavy (non-hydrogen) atoms. The van der Waals surface area contributed by atoms with Gasteiger partial charge in [0.1, 0.15) is 5.75 Å². The van der Waals surface area contributed by atoms with E-state index in [1.54, 1.807) is 0 Å². The summed E-state index contributed by atoms with van der Waals surface area (Å²) in [7, 11) is 0. The van der Waals surface area contributed by atoms with E-state index in [0.29, 0.717) is 0 Å². The van der Waals surface area contributed by atoms with E-state index in [2.05, 4.69) is 37.4 Å². The Hall–Kier alpha value is -1.06. The predicted octanol–water partition coefficient (Wildman–Crippen LogP) is 1.91. The van der Waals surface area contributed by atoms with E-state index in [4.69, 9.17) is 4.74 Å². The van der Waals surface area contributed by atoms with Crippen LogP contribution in [0.5, 0.6) is 5.75 Å². The molecule has 1 aliphatic heterocycles. The highest BCUT2D eigenvalue weighted by Gasteiger charge is 2.19. The summed E-state index contributed by atoms with van der Waals surface area (Å²) in [5.41, 5.74) is 2.51. The molecular weight excluding hydrogens is 226 g/mol. The minimum absolute atomic E-state index is 0.153. The van der Waals surface area contributed by atoms with E-state index in [9.17, 15) is 5.11 Å². The van der Waals surface area contributed by atoms with Gasteiger partial charge < -0.3 is 15.2 Å². The number of hydrogen-bond donors (Lipinski definition) is 2. The third-order valence-electron chi connectivity index (χ3n) is 3.85. The number of hydrogen-bond acceptors (Lipinski definition) is 3. The second kappa shape index (κ2) is 5.72. The molecule has 0 saturated heterocycles. The number of benzene rings is 1. The highest BCUT2D eigenvalue weighted by atomic mass is 16.5. The molecule has 0 spiro atoms. The SMILES string of the molecule is CCC(C)(CO)NCCc1ccc2c(c1)CCO2. The molecule has 1 aromatic carbocycles. The smallest absolute Gasteiger partial charge is 0.122 e. The molecule has 3 nitrogen and oxygen atoms in total. The van der Waals surface area contributed by atoms with Gasteiger partial charge in [-0.3, -0.25) is 0 Å². The first-order valence-corrected chi connectivity index (χ1v) is 6.77. The second-order valence-electron chi connectivity index (χ2n) is 5.29. The molecule has 0 bridgehead atoms. The highest BCUT2D eigenvalue weighted by Crippen LogP contribution is 2.25. The Morgan fingerprint density at radius 3 is 3.00 bits per heavy atom. The number of rotatable bonds is 6. The van der Waals surface area contributed by atoms with Gasteiger partial charge in [-0.25, -0.2) is 0 Å². The average molecular weight is 249 g/mol. The van der Waals surface area contributed by atoms with Crippen LogP contribution in [0.4, 0.5) is 0 Å². The lowest BCUT2D eigenvalue weighted by atomic mass is 9.99. The number of aliphatic hydroxyl groups is 1. The standard InChI is InChI=1S/C15H23NO2/c1-3-15(2,11-17)16-8-6-12-4-5-14-13(10-12)7-9-18-14/h4-5,10,16-17H,3,6-9,11H2,1-2H3. The van der Waals surface area contributed by atoms with Crippen molar-refractivity contribution >= 4 is 0 Å². The van der Waals surface area contributed by atoms with Crippen molar-refractivity contribution in [1.29, 1.82) is 0 Å². The number of nitrogens with one attached hydrogen (secondary N) is 1. The third kappa shape index (κ3) is 3.03. The van der Waals surface area contributed by atoms with Crippen LogP contribution in [0, 0.1) is 0 Å². The second-order valence-corrected chi connectivity index (χ2v) is 5.29. The highest BCUT2D eigenvalue weighted by molar-refractivity contribution is 5.39. The van der Waals surface area contributed by atoms with Crippen LogP contribution in [-0.4, -0.2) is 30.4 Å². The van der Waals surface area contributed by atoms with Crippen molar-refractivity contribution in [2.24, 2.45) is 0 Å². The summed E-state index contributed by atoms with van der Waals surface area (Å²) in [6.45, 7) is 6.04. The van der Waals surface area contributed by atoms with Crippen molar-refractivity contribution in [3.8, 4) is 5.75 Å². The van der Waals surface area contributed by atoms with Crippen LogP contribution in [0.15, 0.2) is 18.2 Å². The predicted molar refractivity (Wildman–Crippen MR) is 73.1 cm³/mol. The number of fused-ring (bicyclic) bond motifs is 1. The molecule has 0 aliphatic carbocycles. The summed E-state index contributed by atoms with van der Waals surface area (Å²) in [4.78, 5) is 0. The topological polar surface area (TPSA) is 41.5 Å². The van der Waals surface area contributed by atoms with Crippen molar-refractivity contribution in [1.82, 2.24) is 5.32 Å². The molecule has 1 heterocycles. The maximum atomic E-state index is 9.33. The maximum absolute atomic E-state index is 9.33. The first-order chi connectivity index (χ1) is 8.67.